The largest absolute Gasteiger partial charge is 0.369 e. The van der Waals surface area contributed by atoms with E-state index in [-0.39, 0.29) is 0 Å². The first kappa shape index (κ1) is 14.8. The van der Waals surface area contributed by atoms with Crippen LogP contribution in [0.2, 0.25) is 0 Å². The molecule has 0 radical (unpaired) electrons. The summed E-state index contributed by atoms with van der Waals surface area (Å²) in [7, 11) is 0. The van der Waals surface area contributed by atoms with Crippen LogP contribution >= 0.6 is 0 Å². The number of nitrogens with zero attached hydrogens (tertiary/aromatic N) is 1. The lowest BCUT2D eigenvalue weighted by atomic mass is 9.87. The molecule has 0 amide bonds. The predicted octanol–water partition coefficient (Wildman–Crippen LogP) is 3.39. The van der Waals surface area contributed by atoms with Crippen molar-refractivity contribution in [2.24, 2.45) is 11.3 Å². The fourth-order valence-corrected chi connectivity index (χ4v) is 1.89. The van der Waals surface area contributed by atoms with Gasteiger partial charge in [0.15, 0.2) is 0 Å². The van der Waals surface area contributed by atoms with Crippen molar-refractivity contribution in [2.45, 2.75) is 46.5 Å². The summed E-state index contributed by atoms with van der Waals surface area (Å²) in [6.45, 7) is 7.75. The number of anilines is 2. The quantitative estimate of drug-likeness (QED) is 0.376. The zero-order valence-corrected chi connectivity index (χ0v) is 11.8. The van der Waals surface area contributed by atoms with Crippen molar-refractivity contribution in [2.75, 3.05) is 17.3 Å². The van der Waals surface area contributed by atoms with Crippen LogP contribution < -0.4 is 16.6 Å². The summed E-state index contributed by atoms with van der Waals surface area (Å²) in [5.74, 6) is 6.89. The number of hydrogen-bond donors (Lipinski definition) is 3. The smallest absolute Gasteiger partial charge is 0.142 e. The normalized spacial score (nSPS) is 11.3. The maximum absolute atomic E-state index is 5.34. The minimum atomic E-state index is 0.295. The average molecular weight is 250 g/mol. The molecule has 1 aromatic heterocycles. The molecule has 0 unspecified atom stereocenters. The molecule has 18 heavy (non-hydrogen) atoms. The van der Waals surface area contributed by atoms with Gasteiger partial charge in [-0.3, -0.25) is 0 Å². The lowest BCUT2D eigenvalue weighted by molar-refractivity contribution is 0.342. The molecule has 102 valence electrons. The molecule has 0 aliphatic rings. The fraction of sp³-hybridized carbons (Fsp3) is 0.643. The van der Waals surface area contributed by atoms with Crippen LogP contribution in [0.1, 0.15) is 46.5 Å². The van der Waals surface area contributed by atoms with Crippen LogP contribution in [0.4, 0.5) is 11.6 Å². The van der Waals surface area contributed by atoms with Crippen molar-refractivity contribution in [1.29, 1.82) is 0 Å². The number of unbranched alkanes of at least 4 members (excludes halogenated alkanes) is 2. The zero-order valence-electron chi connectivity index (χ0n) is 11.8. The van der Waals surface area contributed by atoms with Crippen molar-refractivity contribution in [3.05, 3.63) is 18.2 Å². The first-order valence-electron chi connectivity index (χ1n) is 6.75. The van der Waals surface area contributed by atoms with Gasteiger partial charge in [0.25, 0.3) is 0 Å². The lowest BCUT2D eigenvalue weighted by Crippen LogP contribution is -2.23. The number of hydrogen-bond acceptors (Lipinski definition) is 4. The van der Waals surface area contributed by atoms with E-state index in [1.165, 1.54) is 25.7 Å². The van der Waals surface area contributed by atoms with Crippen LogP contribution in [0.3, 0.4) is 0 Å². The number of nitrogens with two attached hydrogens (primary N) is 1. The highest BCUT2D eigenvalue weighted by Crippen LogP contribution is 2.24. The Bertz CT molecular complexity index is 349. The van der Waals surface area contributed by atoms with Crippen molar-refractivity contribution in [1.82, 2.24) is 4.98 Å². The topological polar surface area (TPSA) is 63.0 Å². The van der Waals surface area contributed by atoms with Crippen LogP contribution in [0, 0.1) is 5.41 Å². The van der Waals surface area contributed by atoms with Gasteiger partial charge in [-0.25, -0.2) is 10.8 Å². The molecule has 0 atom stereocenters. The monoisotopic (exact) mass is 250 g/mol. The number of nitrogens with one attached hydrogen (secondary N) is 2. The molecule has 1 rings (SSSR count). The lowest BCUT2D eigenvalue weighted by Gasteiger charge is -2.25. The molecule has 0 aliphatic heterocycles. The van der Waals surface area contributed by atoms with Gasteiger partial charge in [0.05, 0.1) is 0 Å². The van der Waals surface area contributed by atoms with E-state index in [1.54, 1.807) is 0 Å². The van der Waals surface area contributed by atoms with Crippen LogP contribution in [0.15, 0.2) is 18.2 Å². The minimum Gasteiger partial charge on any atom is -0.369 e. The molecule has 0 fully saturated rings. The first-order valence-corrected chi connectivity index (χ1v) is 6.75. The maximum Gasteiger partial charge on any atom is 0.142 e. The minimum absolute atomic E-state index is 0.295. The van der Waals surface area contributed by atoms with E-state index < -0.39 is 0 Å². The third-order valence-corrected chi connectivity index (χ3v) is 3.10. The Morgan fingerprint density at radius 3 is 2.61 bits per heavy atom. The van der Waals surface area contributed by atoms with Crippen molar-refractivity contribution in [3.8, 4) is 0 Å². The molecule has 0 spiro atoms. The van der Waals surface area contributed by atoms with E-state index in [0.29, 0.717) is 11.2 Å². The second-order valence-electron chi connectivity index (χ2n) is 5.53. The summed E-state index contributed by atoms with van der Waals surface area (Å²) in [5.41, 5.74) is 2.85. The van der Waals surface area contributed by atoms with Crippen molar-refractivity contribution >= 4 is 11.6 Å². The summed E-state index contributed by atoms with van der Waals surface area (Å²) < 4.78 is 0. The molecule has 0 aliphatic carbocycles. The zero-order chi connectivity index (χ0) is 13.4. The number of rotatable bonds is 8. The number of nitrogen functional groups attached to an aromatic ring is 1. The standard InChI is InChI=1S/C14H26N4/c1-4-5-6-10-14(2,3)11-16-12-8-7-9-13(17-12)18-15/h7-9H,4-6,10-11,15H2,1-3H3,(H2,16,17,18). The van der Waals surface area contributed by atoms with Gasteiger partial charge >= 0.3 is 0 Å². The van der Waals surface area contributed by atoms with E-state index in [4.69, 9.17) is 5.84 Å². The Morgan fingerprint density at radius 1 is 1.22 bits per heavy atom. The highest BCUT2D eigenvalue weighted by molar-refractivity contribution is 5.44. The van der Waals surface area contributed by atoms with Gasteiger partial charge in [0.2, 0.25) is 0 Å². The molecule has 4 N–H and O–H groups in total. The van der Waals surface area contributed by atoms with Gasteiger partial charge in [-0.05, 0) is 24.0 Å². The van der Waals surface area contributed by atoms with Crippen LogP contribution in [-0.2, 0) is 0 Å². The third-order valence-electron chi connectivity index (χ3n) is 3.10. The van der Waals surface area contributed by atoms with Crippen LogP contribution in [0.25, 0.3) is 0 Å². The molecular formula is C14H26N4. The van der Waals surface area contributed by atoms with Gasteiger partial charge in [0.1, 0.15) is 11.6 Å². The van der Waals surface area contributed by atoms with Crippen molar-refractivity contribution < 1.29 is 0 Å². The second-order valence-corrected chi connectivity index (χ2v) is 5.53. The van der Waals surface area contributed by atoms with Gasteiger partial charge in [0, 0.05) is 6.54 Å². The molecule has 4 nitrogen and oxygen atoms in total. The molecule has 1 heterocycles. The SMILES string of the molecule is CCCCCC(C)(C)CNc1cccc(NN)n1. The van der Waals surface area contributed by atoms with Crippen LogP contribution in [-0.4, -0.2) is 11.5 Å². The van der Waals surface area contributed by atoms with Crippen LogP contribution in [0.5, 0.6) is 0 Å². The van der Waals surface area contributed by atoms with Gasteiger partial charge < -0.3 is 10.7 Å². The Balaban J connectivity index is 2.42. The number of pyridine rings is 1. The first-order chi connectivity index (χ1) is 8.57. The van der Waals surface area contributed by atoms with E-state index in [2.05, 4.69) is 36.5 Å². The summed E-state index contributed by atoms with van der Waals surface area (Å²) in [5, 5.41) is 3.38. The Morgan fingerprint density at radius 2 is 1.94 bits per heavy atom. The second kappa shape index (κ2) is 7.21. The molecule has 4 heteroatoms. The van der Waals surface area contributed by atoms with Gasteiger partial charge in [-0.15, -0.1) is 0 Å². The number of aromatic nitrogens is 1. The van der Waals surface area contributed by atoms with E-state index >= 15 is 0 Å². The van der Waals surface area contributed by atoms with Gasteiger partial charge in [-0.1, -0.05) is 46.1 Å². The third kappa shape index (κ3) is 5.36. The highest BCUT2D eigenvalue weighted by Gasteiger charge is 2.17. The molecule has 0 saturated heterocycles. The Labute approximate surface area is 110 Å². The Hall–Kier alpha value is -1.29. The maximum atomic E-state index is 5.34. The van der Waals surface area contributed by atoms with E-state index in [1.807, 2.05) is 18.2 Å². The molecule has 0 saturated carbocycles. The Kier molecular flexibility index (Phi) is 5.92. The van der Waals surface area contributed by atoms with E-state index in [9.17, 15) is 0 Å². The summed E-state index contributed by atoms with van der Waals surface area (Å²) >= 11 is 0. The van der Waals surface area contributed by atoms with Gasteiger partial charge in [-0.2, -0.15) is 0 Å². The highest BCUT2D eigenvalue weighted by atomic mass is 15.3. The summed E-state index contributed by atoms with van der Waals surface area (Å²) in [6.07, 6.45) is 5.12. The summed E-state index contributed by atoms with van der Waals surface area (Å²) in [4.78, 5) is 4.34. The molecule has 0 aromatic carbocycles. The number of hydrazine groups is 1. The van der Waals surface area contributed by atoms with Crippen molar-refractivity contribution in [3.63, 3.8) is 0 Å². The fourth-order valence-electron chi connectivity index (χ4n) is 1.89. The molecule has 1 aromatic rings. The molecular weight excluding hydrogens is 224 g/mol. The molecule has 0 bridgehead atoms. The average Bonchev–Trinajstić information content (AvgIpc) is 2.37. The predicted molar refractivity (Wildman–Crippen MR) is 78.5 cm³/mol. The van der Waals surface area contributed by atoms with E-state index in [0.717, 1.165) is 12.4 Å². The summed E-state index contributed by atoms with van der Waals surface area (Å²) in [6, 6.07) is 5.75.